The summed E-state index contributed by atoms with van der Waals surface area (Å²) in [6.45, 7) is 0. The van der Waals surface area contributed by atoms with Gasteiger partial charge in [-0.25, -0.2) is 0 Å². The van der Waals surface area contributed by atoms with Gasteiger partial charge in [0.05, 0.1) is 11.6 Å². The van der Waals surface area contributed by atoms with Gasteiger partial charge in [0.25, 0.3) is 0 Å². The molecular weight excluding hydrogens is 156 g/mol. The van der Waals surface area contributed by atoms with Crippen LogP contribution in [-0.4, -0.2) is 0 Å². The first-order chi connectivity index (χ1) is 6.45. The van der Waals surface area contributed by atoms with E-state index in [4.69, 9.17) is 0 Å². The van der Waals surface area contributed by atoms with E-state index < -0.39 is 0 Å². The summed E-state index contributed by atoms with van der Waals surface area (Å²) in [5, 5.41) is 0. The maximum atomic E-state index is 3.30. The highest BCUT2D eigenvalue weighted by Gasteiger charge is 2.28. The van der Waals surface area contributed by atoms with Gasteiger partial charge in [0.2, 0.25) is 0 Å². The molecule has 2 aliphatic rings. The van der Waals surface area contributed by atoms with E-state index in [1.54, 1.807) is 0 Å². The first kappa shape index (κ1) is 6.82. The highest BCUT2D eigenvalue weighted by Crippen LogP contribution is 2.37. The highest BCUT2D eigenvalue weighted by atomic mass is 14.2. The summed E-state index contributed by atoms with van der Waals surface area (Å²) >= 11 is 0. The molecule has 13 heavy (non-hydrogen) atoms. The fourth-order valence-corrected chi connectivity index (χ4v) is 2.00. The maximum Gasteiger partial charge on any atom is 0.128 e. The minimum atomic E-state index is 1.05. The maximum absolute atomic E-state index is 3.30. The zero-order chi connectivity index (χ0) is 8.67. The van der Waals surface area contributed by atoms with Gasteiger partial charge in [-0.1, -0.05) is 18.2 Å². The third-order valence-corrected chi connectivity index (χ3v) is 2.62. The molecular formula is C13H9+. The molecule has 0 heteroatoms. The lowest BCUT2D eigenvalue weighted by atomic mass is 10.0. The second-order valence-electron chi connectivity index (χ2n) is 3.40. The second-order valence-corrected chi connectivity index (χ2v) is 3.40. The zero-order valence-electron chi connectivity index (χ0n) is 7.25. The molecule has 1 aromatic rings. The van der Waals surface area contributed by atoms with Crippen molar-refractivity contribution in [2.45, 2.75) is 6.42 Å². The Bertz CT molecular complexity index is 445. The Morgan fingerprint density at radius 1 is 1.15 bits per heavy atom. The van der Waals surface area contributed by atoms with Crippen LogP contribution in [0, 0.1) is 6.08 Å². The largest absolute Gasteiger partial charge is 0.128 e. The summed E-state index contributed by atoms with van der Waals surface area (Å²) < 4.78 is 0. The molecule has 0 aromatic heterocycles. The Labute approximate surface area is 77.9 Å². The van der Waals surface area contributed by atoms with E-state index in [1.807, 2.05) is 6.08 Å². The van der Waals surface area contributed by atoms with Crippen molar-refractivity contribution in [3.63, 3.8) is 0 Å². The number of rotatable bonds is 0. The number of hydrogen-bond donors (Lipinski definition) is 0. The summed E-state index contributed by atoms with van der Waals surface area (Å²) in [5.41, 5.74) is 5.51. The van der Waals surface area contributed by atoms with Gasteiger partial charge in [-0.15, -0.1) is 0 Å². The van der Waals surface area contributed by atoms with Crippen molar-refractivity contribution in [1.82, 2.24) is 0 Å². The third-order valence-electron chi connectivity index (χ3n) is 2.62. The van der Waals surface area contributed by atoms with Gasteiger partial charge in [-0.2, -0.15) is 0 Å². The smallest absolute Gasteiger partial charge is 0.0618 e. The molecule has 0 unspecified atom stereocenters. The lowest BCUT2D eigenvalue weighted by Gasteiger charge is -1.93. The van der Waals surface area contributed by atoms with Gasteiger partial charge in [0, 0.05) is 24.1 Å². The van der Waals surface area contributed by atoms with E-state index in [1.165, 1.54) is 22.3 Å². The Morgan fingerprint density at radius 3 is 3.08 bits per heavy atom. The van der Waals surface area contributed by atoms with Crippen molar-refractivity contribution < 1.29 is 0 Å². The monoisotopic (exact) mass is 165 g/mol. The molecule has 0 saturated carbocycles. The molecule has 3 rings (SSSR count). The first-order valence-corrected chi connectivity index (χ1v) is 4.53. The normalized spacial score (nSPS) is 16.9. The van der Waals surface area contributed by atoms with Gasteiger partial charge in [0.15, 0.2) is 0 Å². The first-order valence-electron chi connectivity index (χ1n) is 4.53. The molecule has 0 radical (unpaired) electrons. The van der Waals surface area contributed by atoms with Crippen LogP contribution < -0.4 is 0 Å². The number of benzene rings is 1. The van der Waals surface area contributed by atoms with Crippen LogP contribution in [-0.2, 0) is 6.42 Å². The molecule has 1 aromatic carbocycles. The fourth-order valence-electron chi connectivity index (χ4n) is 2.00. The van der Waals surface area contributed by atoms with Crippen molar-refractivity contribution >= 4 is 5.57 Å². The van der Waals surface area contributed by atoms with Crippen LogP contribution >= 0.6 is 0 Å². The summed E-state index contributed by atoms with van der Waals surface area (Å²) in [6, 6.07) is 8.59. The number of allylic oxidation sites excluding steroid dienone is 6. The van der Waals surface area contributed by atoms with Crippen molar-refractivity contribution in [1.29, 1.82) is 0 Å². The van der Waals surface area contributed by atoms with Crippen LogP contribution in [0.4, 0.5) is 0 Å². The Morgan fingerprint density at radius 2 is 2.08 bits per heavy atom. The van der Waals surface area contributed by atoms with E-state index >= 15 is 0 Å². The van der Waals surface area contributed by atoms with Crippen LogP contribution in [0.25, 0.3) is 5.57 Å². The Kier molecular flexibility index (Phi) is 1.27. The predicted molar refractivity (Wildman–Crippen MR) is 54.0 cm³/mol. The molecule has 0 N–H and O–H groups in total. The fraction of sp³-hybridized carbons (Fsp3) is 0.0769. The second kappa shape index (κ2) is 2.42. The van der Waals surface area contributed by atoms with Gasteiger partial charge >= 0.3 is 0 Å². The van der Waals surface area contributed by atoms with Crippen molar-refractivity contribution in [2.24, 2.45) is 0 Å². The molecule has 0 bridgehead atoms. The minimum Gasteiger partial charge on any atom is -0.0618 e. The van der Waals surface area contributed by atoms with E-state index in [9.17, 15) is 0 Å². The zero-order valence-corrected chi connectivity index (χ0v) is 7.25. The van der Waals surface area contributed by atoms with Gasteiger partial charge in [-0.05, 0) is 11.6 Å². The average Bonchev–Trinajstić information content (AvgIpc) is 2.56. The molecule has 0 aliphatic heterocycles. The van der Waals surface area contributed by atoms with Crippen LogP contribution in [0.1, 0.15) is 11.1 Å². The number of fused-ring (bicyclic) bond motifs is 3. The Hall–Kier alpha value is -1.65. The van der Waals surface area contributed by atoms with E-state index in [-0.39, 0.29) is 0 Å². The highest BCUT2D eigenvalue weighted by molar-refractivity contribution is 5.87. The molecule has 0 heterocycles. The molecule has 0 spiro atoms. The van der Waals surface area contributed by atoms with Gasteiger partial charge < -0.3 is 0 Å². The third kappa shape index (κ3) is 0.898. The van der Waals surface area contributed by atoms with E-state index in [2.05, 4.69) is 42.5 Å². The molecule has 0 saturated heterocycles. The van der Waals surface area contributed by atoms with Gasteiger partial charge in [0.1, 0.15) is 11.6 Å². The molecule has 0 nitrogen and oxygen atoms in total. The summed E-state index contributed by atoms with van der Waals surface area (Å²) in [4.78, 5) is 0. The standard InChI is InChI=1S/C13H9/c1-3-7-12-10(5-1)9-11-6-2-4-8-13(11)12/h1-5,7-8H,9H2/q+1. The van der Waals surface area contributed by atoms with Crippen molar-refractivity contribution in [3.05, 3.63) is 65.3 Å². The lowest BCUT2D eigenvalue weighted by molar-refractivity contribution is 1.26. The topological polar surface area (TPSA) is 0 Å². The summed E-state index contributed by atoms with van der Waals surface area (Å²) in [5.74, 6) is 0. The van der Waals surface area contributed by atoms with Crippen LogP contribution in [0.3, 0.4) is 0 Å². The predicted octanol–water partition coefficient (Wildman–Crippen LogP) is 2.93. The van der Waals surface area contributed by atoms with Crippen LogP contribution in [0.15, 0.2) is 48.1 Å². The summed E-state index contributed by atoms with van der Waals surface area (Å²) in [6.07, 6.45) is 10.6. The van der Waals surface area contributed by atoms with Crippen LogP contribution in [0.5, 0.6) is 0 Å². The molecule has 60 valence electrons. The minimum absolute atomic E-state index is 1.05. The van der Waals surface area contributed by atoms with Crippen molar-refractivity contribution in [2.75, 3.05) is 0 Å². The van der Waals surface area contributed by atoms with E-state index in [0.717, 1.165) is 6.42 Å². The molecule has 0 amide bonds. The van der Waals surface area contributed by atoms with E-state index in [0.29, 0.717) is 0 Å². The molecule has 0 atom stereocenters. The number of hydrogen-bond acceptors (Lipinski definition) is 0. The Balaban J connectivity index is 2.27. The lowest BCUT2D eigenvalue weighted by Crippen LogP contribution is -1.83. The average molecular weight is 165 g/mol. The quantitative estimate of drug-likeness (QED) is 0.518. The van der Waals surface area contributed by atoms with Crippen molar-refractivity contribution in [3.8, 4) is 0 Å². The van der Waals surface area contributed by atoms with Crippen LogP contribution in [0.2, 0.25) is 0 Å². The molecule has 0 fully saturated rings. The summed E-state index contributed by atoms with van der Waals surface area (Å²) in [7, 11) is 0. The SMILES string of the molecule is [C+]1=C2Cc3ccccc3C2=CC=C1. The van der Waals surface area contributed by atoms with Gasteiger partial charge in [-0.3, -0.25) is 0 Å². The molecule has 2 aliphatic carbocycles.